The van der Waals surface area contributed by atoms with Crippen LogP contribution in [0.15, 0.2) is 20.4 Å². The molecule has 0 spiro atoms. The SMILES string of the molecule is Cc1noc2c1-c1sc(C)c(C)c1C(c1cscn1)=N[C@H]2CC(=O)O. The molecule has 0 unspecified atom stereocenters. The molecule has 0 bridgehead atoms. The topological polar surface area (TPSA) is 88.6 Å². The summed E-state index contributed by atoms with van der Waals surface area (Å²) in [5.41, 5.74) is 7.02. The number of aliphatic carboxylic acids is 1. The molecular weight excluding hydrogens is 358 g/mol. The third-order valence-electron chi connectivity index (χ3n) is 4.37. The lowest BCUT2D eigenvalue weighted by atomic mass is 9.99. The summed E-state index contributed by atoms with van der Waals surface area (Å²) >= 11 is 3.15. The van der Waals surface area contributed by atoms with Gasteiger partial charge in [0.1, 0.15) is 6.04 Å². The molecule has 0 saturated carbocycles. The largest absolute Gasteiger partial charge is 0.481 e. The molecule has 1 aliphatic rings. The number of carboxylic acids is 1. The summed E-state index contributed by atoms with van der Waals surface area (Å²) in [6.45, 7) is 6.01. The van der Waals surface area contributed by atoms with Crippen LogP contribution in [-0.4, -0.2) is 26.9 Å². The van der Waals surface area contributed by atoms with E-state index >= 15 is 0 Å². The van der Waals surface area contributed by atoms with Crippen molar-refractivity contribution in [1.29, 1.82) is 0 Å². The highest BCUT2D eigenvalue weighted by atomic mass is 32.1. The second kappa shape index (κ2) is 5.89. The van der Waals surface area contributed by atoms with Gasteiger partial charge in [0.05, 0.1) is 34.6 Å². The van der Waals surface area contributed by atoms with E-state index < -0.39 is 12.0 Å². The van der Waals surface area contributed by atoms with E-state index in [0.29, 0.717) is 5.76 Å². The van der Waals surface area contributed by atoms with E-state index in [4.69, 9.17) is 9.52 Å². The Hall–Kier alpha value is -2.32. The molecular formula is C17H15N3O3S2. The predicted molar refractivity (Wildman–Crippen MR) is 96.8 cm³/mol. The molecule has 6 nitrogen and oxygen atoms in total. The van der Waals surface area contributed by atoms with Crippen LogP contribution < -0.4 is 0 Å². The Balaban J connectivity index is 2.05. The Kier molecular flexibility index (Phi) is 3.81. The number of hydrogen-bond acceptors (Lipinski definition) is 7. The fourth-order valence-electron chi connectivity index (χ4n) is 3.09. The third-order valence-corrected chi connectivity index (χ3v) is 6.18. The average Bonchev–Trinajstić information content (AvgIpc) is 3.24. The van der Waals surface area contributed by atoms with Crippen LogP contribution in [0, 0.1) is 20.8 Å². The number of nitrogens with zero attached hydrogens (tertiary/aromatic N) is 3. The fourth-order valence-corrected chi connectivity index (χ4v) is 4.89. The highest BCUT2D eigenvalue weighted by molar-refractivity contribution is 7.16. The van der Waals surface area contributed by atoms with E-state index in [0.717, 1.165) is 38.7 Å². The van der Waals surface area contributed by atoms with Crippen LogP contribution in [0.2, 0.25) is 0 Å². The van der Waals surface area contributed by atoms with Crippen LogP contribution in [0.1, 0.15) is 45.6 Å². The van der Waals surface area contributed by atoms with Crippen molar-refractivity contribution in [2.24, 2.45) is 4.99 Å². The molecule has 8 heteroatoms. The first-order chi connectivity index (χ1) is 12.0. The summed E-state index contributed by atoms with van der Waals surface area (Å²) in [4.78, 5) is 22.8. The summed E-state index contributed by atoms with van der Waals surface area (Å²) in [5, 5.41) is 15.3. The van der Waals surface area contributed by atoms with Crippen LogP contribution in [0.5, 0.6) is 0 Å². The van der Waals surface area contributed by atoms with Crippen LogP contribution >= 0.6 is 22.7 Å². The second-order valence-corrected chi connectivity index (χ2v) is 7.90. The Bertz CT molecular complexity index is 999. The zero-order chi connectivity index (χ0) is 17.7. The number of fused-ring (bicyclic) bond motifs is 3. The molecule has 0 aromatic carbocycles. The summed E-state index contributed by atoms with van der Waals surface area (Å²) in [7, 11) is 0. The molecule has 0 amide bonds. The molecule has 3 aromatic heterocycles. The van der Waals surface area contributed by atoms with E-state index in [-0.39, 0.29) is 6.42 Å². The number of aryl methyl sites for hydroxylation is 2. The molecule has 0 radical (unpaired) electrons. The molecule has 128 valence electrons. The minimum absolute atomic E-state index is 0.151. The van der Waals surface area contributed by atoms with Crippen molar-refractivity contribution < 1.29 is 14.4 Å². The maximum Gasteiger partial charge on any atom is 0.306 e. The number of aliphatic imine (C=N–C) groups is 1. The Morgan fingerprint density at radius 1 is 1.32 bits per heavy atom. The van der Waals surface area contributed by atoms with Gasteiger partial charge in [-0.25, -0.2) is 4.98 Å². The average molecular weight is 373 g/mol. The van der Waals surface area contributed by atoms with Gasteiger partial charge >= 0.3 is 5.97 Å². The Morgan fingerprint density at radius 2 is 2.12 bits per heavy atom. The van der Waals surface area contributed by atoms with Gasteiger partial charge in [0.25, 0.3) is 0 Å². The summed E-state index contributed by atoms with van der Waals surface area (Å²) < 4.78 is 5.52. The maximum atomic E-state index is 11.4. The van der Waals surface area contributed by atoms with Crippen LogP contribution in [0.3, 0.4) is 0 Å². The zero-order valence-electron chi connectivity index (χ0n) is 13.9. The quantitative estimate of drug-likeness (QED) is 0.745. The van der Waals surface area contributed by atoms with Crippen molar-refractivity contribution in [3.63, 3.8) is 0 Å². The van der Waals surface area contributed by atoms with E-state index in [9.17, 15) is 9.90 Å². The molecule has 1 aliphatic heterocycles. The van der Waals surface area contributed by atoms with Gasteiger partial charge in [-0.15, -0.1) is 22.7 Å². The maximum absolute atomic E-state index is 11.4. The van der Waals surface area contributed by atoms with Gasteiger partial charge < -0.3 is 9.63 Å². The molecule has 1 N–H and O–H groups in total. The number of hydrogen-bond donors (Lipinski definition) is 1. The van der Waals surface area contributed by atoms with Crippen molar-refractivity contribution >= 4 is 34.4 Å². The van der Waals surface area contributed by atoms with E-state index in [2.05, 4.69) is 24.0 Å². The van der Waals surface area contributed by atoms with Crippen molar-refractivity contribution in [3.05, 3.63) is 44.0 Å². The van der Waals surface area contributed by atoms with Crippen molar-refractivity contribution in [1.82, 2.24) is 10.1 Å². The molecule has 4 heterocycles. The van der Waals surface area contributed by atoms with E-state index in [1.807, 2.05) is 12.3 Å². The fraction of sp³-hybridized carbons (Fsp3) is 0.294. The number of aromatic nitrogens is 2. The molecule has 0 aliphatic carbocycles. The first-order valence-electron chi connectivity index (χ1n) is 7.72. The van der Waals surface area contributed by atoms with Gasteiger partial charge in [0, 0.05) is 20.7 Å². The number of carbonyl (C=O) groups is 1. The number of thiazole rings is 1. The molecule has 0 saturated heterocycles. The highest BCUT2D eigenvalue weighted by Crippen LogP contribution is 2.46. The number of thiophene rings is 1. The lowest BCUT2D eigenvalue weighted by Crippen LogP contribution is -2.09. The normalized spacial score (nSPS) is 16.1. The Morgan fingerprint density at radius 3 is 2.80 bits per heavy atom. The first kappa shape index (κ1) is 16.2. The standard InChI is InChI=1S/C17H15N3O3S2/c1-7-9(3)25-17-13(7)15(11-5-24-6-18-11)19-10(4-12(21)22)16-14(17)8(2)20-23-16/h5-6,10H,4H2,1-3H3,(H,21,22)/t10-/m0/s1. The van der Waals surface area contributed by atoms with Gasteiger partial charge in [-0.1, -0.05) is 5.16 Å². The number of carboxylic acid groups (broad SMARTS) is 1. The summed E-state index contributed by atoms with van der Waals surface area (Å²) in [5.74, 6) is -0.405. The summed E-state index contributed by atoms with van der Waals surface area (Å²) in [6, 6.07) is -0.621. The van der Waals surface area contributed by atoms with Crippen molar-refractivity contribution in [2.45, 2.75) is 33.2 Å². The smallest absolute Gasteiger partial charge is 0.306 e. The highest BCUT2D eigenvalue weighted by Gasteiger charge is 2.34. The lowest BCUT2D eigenvalue weighted by Gasteiger charge is -2.08. The van der Waals surface area contributed by atoms with Crippen LogP contribution in [0.25, 0.3) is 10.4 Å². The van der Waals surface area contributed by atoms with E-state index in [1.54, 1.807) is 16.8 Å². The first-order valence-corrected chi connectivity index (χ1v) is 9.48. The summed E-state index contributed by atoms with van der Waals surface area (Å²) in [6.07, 6.45) is -0.151. The lowest BCUT2D eigenvalue weighted by molar-refractivity contribution is -0.137. The second-order valence-electron chi connectivity index (χ2n) is 5.96. The minimum atomic E-state index is -0.926. The van der Waals surface area contributed by atoms with Gasteiger partial charge in [-0.3, -0.25) is 9.79 Å². The molecule has 25 heavy (non-hydrogen) atoms. The van der Waals surface area contributed by atoms with Crippen molar-refractivity contribution in [2.75, 3.05) is 0 Å². The molecule has 1 atom stereocenters. The third kappa shape index (κ3) is 2.52. The Labute approximate surface area is 151 Å². The van der Waals surface area contributed by atoms with E-state index in [1.165, 1.54) is 16.2 Å². The van der Waals surface area contributed by atoms with Crippen LogP contribution in [0.4, 0.5) is 0 Å². The minimum Gasteiger partial charge on any atom is -0.481 e. The van der Waals surface area contributed by atoms with Gasteiger partial charge in [-0.2, -0.15) is 0 Å². The molecule has 0 fully saturated rings. The zero-order valence-corrected chi connectivity index (χ0v) is 15.5. The van der Waals surface area contributed by atoms with Crippen molar-refractivity contribution in [3.8, 4) is 10.4 Å². The number of rotatable bonds is 3. The van der Waals surface area contributed by atoms with Gasteiger partial charge in [0.2, 0.25) is 0 Å². The molecule has 3 aromatic rings. The van der Waals surface area contributed by atoms with Crippen LogP contribution in [-0.2, 0) is 4.79 Å². The van der Waals surface area contributed by atoms with Gasteiger partial charge in [0.15, 0.2) is 5.76 Å². The molecule has 4 rings (SSSR count). The monoisotopic (exact) mass is 373 g/mol. The predicted octanol–water partition coefficient (Wildman–Crippen LogP) is 4.15. The van der Waals surface area contributed by atoms with Gasteiger partial charge in [-0.05, 0) is 26.3 Å².